The quantitative estimate of drug-likeness (QED) is 0.797. The van der Waals surface area contributed by atoms with Crippen molar-refractivity contribution < 1.29 is 22.7 Å². The first-order chi connectivity index (χ1) is 10.7. The van der Waals surface area contributed by atoms with Crippen molar-refractivity contribution in [2.45, 2.75) is 25.9 Å². The van der Waals surface area contributed by atoms with Crippen LogP contribution in [0.2, 0.25) is 5.02 Å². The van der Waals surface area contributed by atoms with E-state index in [2.05, 4.69) is 10.3 Å². The molecule has 126 valence electrons. The number of carbonyl (C=O) groups excluding carboxylic acids is 2. The van der Waals surface area contributed by atoms with Crippen molar-refractivity contribution in [2.75, 3.05) is 16.8 Å². The van der Waals surface area contributed by atoms with Gasteiger partial charge in [0.1, 0.15) is 5.82 Å². The highest BCUT2D eigenvalue weighted by Crippen LogP contribution is 2.22. The molecule has 1 aliphatic heterocycles. The lowest BCUT2D eigenvalue weighted by Gasteiger charge is -2.14. The normalized spacial score (nSPS) is 20.7. The van der Waals surface area contributed by atoms with Gasteiger partial charge in [0.2, 0.25) is 0 Å². The smallest absolute Gasteiger partial charge is 0.306 e. The molecule has 0 bridgehead atoms. The van der Waals surface area contributed by atoms with E-state index >= 15 is 0 Å². The van der Waals surface area contributed by atoms with Gasteiger partial charge in [-0.25, -0.2) is 13.4 Å². The van der Waals surface area contributed by atoms with E-state index in [-0.39, 0.29) is 23.8 Å². The lowest BCUT2D eigenvalue weighted by molar-refractivity contribution is -0.153. The third kappa shape index (κ3) is 5.47. The van der Waals surface area contributed by atoms with Crippen molar-refractivity contribution in [1.82, 2.24) is 4.98 Å². The van der Waals surface area contributed by atoms with Crippen LogP contribution in [-0.2, 0) is 24.2 Å². The predicted molar refractivity (Wildman–Crippen MR) is 84.8 cm³/mol. The molecular weight excluding hydrogens is 344 g/mol. The highest BCUT2D eigenvalue weighted by Gasteiger charge is 2.30. The standard InChI is InChI=1S/C14H17ClN2O5S/c1-9(14(19)17-12-3-2-11(15)7-16-12)22-13(18)6-10-4-5-23(20,21)8-10/h2-3,7,9-10H,4-6,8H2,1H3,(H,16,17,19)/t9-,10-/m0/s1. The molecule has 1 aromatic heterocycles. The molecule has 1 N–H and O–H groups in total. The van der Waals surface area contributed by atoms with E-state index < -0.39 is 27.8 Å². The fraction of sp³-hybridized carbons (Fsp3) is 0.500. The Bertz CT molecular complexity index is 690. The molecule has 1 fully saturated rings. The van der Waals surface area contributed by atoms with E-state index in [1.54, 1.807) is 6.07 Å². The topological polar surface area (TPSA) is 102 Å². The van der Waals surface area contributed by atoms with Gasteiger partial charge in [-0.3, -0.25) is 9.59 Å². The summed E-state index contributed by atoms with van der Waals surface area (Å²) < 4.78 is 27.7. The van der Waals surface area contributed by atoms with Gasteiger partial charge in [-0.1, -0.05) is 11.6 Å². The minimum absolute atomic E-state index is 0.00261. The molecule has 2 atom stereocenters. The summed E-state index contributed by atoms with van der Waals surface area (Å²) in [4.78, 5) is 27.6. The molecule has 0 saturated carbocycles. The van der Waals surface area contributed by atoms with Gasteiger partial charge in [0.05, 0.1) is 16.5 Å². The van der Waals surface area contributed by atoms with E-state index in [0.717, 1.165) is 0 Å². The highest BCUT2D eigenvalue weighted by molar-refractivity contribution is 7.91. The second-order valence-electron chi connectivity index (χ2n) is 5.46. The SMILES string of the molecule is C[C@H](OC(=O)C[C@@H]1CCS(=O)(=O)C1)C(=O)Nc1ccc(Cl)cn1. The molecule has 2 rings (SSSR count). The molecule has 0 aromatic carbocycles. The second kappa shape index (κ2) is 7.27. The van der Waals surface area contributed by atoms with Gasteiger partial charge in [-0.15, -0.1) is 0 Å². The number of pyridine rings is 1. The Morgan fingerprint density at radius 1 is 1.48 bits per heavy atom. The number of esters is 1. The molecule has 23 heavy (non-hydrogen) atoms. The van der Waals surface area contributed by atoms with Gasteiger partial charge in [-0.05, 0) is 31.4 Å². The van der Waals surface area contributed by atoms with Gasteiger partial charge in [0.15, 0.2) is 15.9 Å². The first-order valence-electron chi connectivity index (χ1n) is 7.07. The Hall–Kier alpha value is -1.67. The molecule has 9 heteroatoms. The summed E-state index contributed by atoms with van der Waals surface area (Å²) in [5, 5.41) is 2.94. The number of halogens is 1. The average molecular weight is 361 g/mol. The van der Waals surface area contributed by atoms with Gasteiger partial charge >= 0.3 is 5.97 Å². The summed E-state index contributed by atoms with van der Waals surface area (Å²) in [5.41, 5.74) is 0. The lowest BCUT2D eigenvalue weighted by Crippen LogP contribution is -2.30. The Morgan fingerprint density at radius 2 is 2.22 bits per heavy atom. The first kappa shape index (κ1) is 17.7. The Morgan fingerprint density at radius 3 is 2.78 bits per heavy atom. The van der Waals surface area contributed by atoms with E-state index in [1.165, 1.54) is 19.2 Å². The van der Waals surface area contributed by atoms with Crippen LogP contribution in [0.3, 0.4) is 0 Å². The molecule has 1 saturated heterocycles. The van der Waals surface area contributed by atoms with E-state index in [4.69, 9.17) is 16.3 Å². The molecule has 1 amide bonds. The number of ether oxygens (including phenoxy) is 1. The van der Waals surface area contributed by atoms with Crippen molar-refractivity contribution in [1.29, 1.82) is 0 Å². The summed E-state index contributed by atoms with van der Waals surface area (Å²) in [7, 11) is -3.04. The molecule has 7 nitrogen and oxygen atoms in total. The third-order valence-corrected chi connectivity index (χ3v) is 5.50. The van der Waals surface area contributed by atoms with Crippen LogP contribution >= 0.6 is 11.6 Å². The number of hydrogen-bond donors (Lipinski definition) is 1. The first-order valence-corrected chi connectivity index (χ1v) is 9.27. The predicted octanol–water partition coefficient (Wildman–Crippen LogP) is 1.43. The molecule has 0 spiro atoms. The van der Waals surface area contributed by atoms with Gasteiger partial charge < -0.3 is 10.1 Å². The summed E-state index contributed by atoms with van der Waals surface area (Å²) in [6.07, 6.45) is 0.829. The Kier molecular flexibility index (Phi) is 5.59. The average Bonchev–Trinajstić information content (AvgIpc) is 2.80. The molecule has 1 aromatic rings. The van der Waals surface area contributed by atoms with Crippen LogP contribution in [0.25, 0.3) is 0 Å². The maximum Gasteiger partial charge on any atom is 0.306 e. The molecule has 2 heterocycles. The lowest BCUT2D eigenvalue weighted by atomic mass is 10.1. The monoisotopic (exact) mass is 360 g/mol. The highest BCUT2D eigenvalue weighted by atomic mass is 35.5. The minimum atomic E-state index is -3.04. The van der Waals surface area contributed by atoms with Gasteiger partial charge in [0, 0.05) is 12.6 Å². The Labute approximate surface area is 139 Å². The number of amides is 1. The number of nitrogens with one attached hydrogen (secondary N) is 1. The summed E-state index contributed by atoms with van der Waals surface area (Å²) in [5.74, 6) is -0.948. The van der Waals surface area contributed by atoms with Gasteiger partial charge in [-0.2, -0.15) is 0 Å². The zero-order chi connectivity index (χ0) is 17.0. The zero-order valence-electron chi connectivity index (χ0n) is 12.5. The number of aromatic nitrogens is 1. The fourth-order valence-corrected chi connectivity index (χ4v) is 4.22. The van der Waals surface area contributed by atoms with E-state index in [9.17, 15) is 18.0 Å². The molecule has 1 aliphatic rings. The molecular formula is C14H17ClN2O5S. The molecule has 0 radical (unpaired) electrons. The second-order valence-corrected chi connectivity index (χ2v) is 8.12. The third-order valence-electron chi connectivity index (χ3n) is 3.44. The van der Waals surface area contributed by atoms with Crippen molar-refractivity contribution in [2.24, 2.45) is 5.92 Å². The van der Waals surface area contributed by atoms with E-state index in [0.29, 0.717) is 17.3 Å². The summed E-state index contributed by atoms with van der Waals surface area (Å²) >= 11 is 5.69. The minimum Gasteiger partial charge on any atom is -0.453 e. The maximum absolute atomic E-state index is 11.9. The fourth-order valence-electron chi connectivity index (χ4n) is 2.25. The van der Waals surface area contributed by atoms with Crippen LogP contribution in [0.1, 0.15) is 19.8 Å². The number of anilines is 1. The molecule has 0 unspecified atom stereocenters. The van der Waals surface area contributed by atoms with Crippen molar-refractivity contribution in [3.63, 3.8) is 0 Å². The van der Waals surface area contributed by atoms with Crippen LogP contribution < -0.4 is 5.32 Å². The van der Waals surface area contributed by atoms with Crippen molar-refractivity contribution >= 4 is 39.1 Å². The number of nitrogens with zero attached hydrogens (tertiary/aromatic N) is 1. The van der Waals surface area contributed by atoms with Crippen LogP contribution in [0, 0.1) is 5.92 Å². The van der Waals surface area contributed by atoms with Crippen LogP contribution in [-0.4, -0.2) is 42.9 Å². The number of carbonyl (C=O) groups is 2. The van der Waals surface area contributed by atoms with Gasteiger partial charge in [0.25, 0.3) is 5.91 Å². The summed E-state index contributed by atoms with van der Waals surface area (Å²) in [6.45, 7) is 1.44. The zero-order valence-corrected chi connectivity index (χ0v) is 14.1. The Balaban J connectivity index is 1.81. The number of hydrogen-bond acceptors (Lipinski definition) is 6. The van der Waals surface area contributed by atoms with E-state index in [1.807, 2.05) is 0 Å². The van der Waals surface area contributed by atoms with Crippen molar-refractivity contribution in [3.05, 3.63) is 23.4 Å². The van der Waals surface area contributed by atoms with Crippen LogP contribution in [0.15, 0.2) is 18.3 Å². The maximum atomic E-state index is 11.9. The molecule has 0 aliphatic carbocycles. The largest absolute Gasteiger partial charge is 0.453 e. The van der Waals surface area contributed by atoms with Crippen LogP contribution in [0.5, 0.6) is 0 Å². The van der Waals surface area contributed by atoms with Crippen molar-refractivity contribution in [3.8, 4) is 0 Å². The van der Waals surface area contributed by atoms with Crippen LogP contribution in [0.4, 0.5) is 5.82 Å². The summed E-state index contributed by atoms with van der Waals surface area (Å²) in [6, 6.07) is 3.10. The number of sulfone groups is 1. The number of rotatable bonds is 5.